The number of halogens is 4. The smallest absolute Gasteiger partial charge is 0.262 e. The largest absolute Gasteiger partial charge is 0.382 e. The van der Waals surface area contributed by atoms with E-state index in [1.165, 1.54) is 17.0 Å². The highest BCUT2D eigenvalue weighted by Gasteiger charge is 2.53. The van der Waals surface area contributed by atoms with Gasteiger partial charge in [-0.2, -0.15) is 5.10 Å². The molecule has 1 saturated carbocycles. The monoisotopic (exact) mass is 812 g/mol. The average Bonchev–Trinajstić information content (AvgIpc) is 3.86. The molecular formula is C42H40F4N8O5. The number of nitrogens with zero attached hydrogens (tertiary/aromatic N) is 5. The number of carbonyl (C=O) groups excluding carboxylic acids is 5. The number of hydrogen-bond donors (Lipinski definition) is 3. The van der Waals surface area contributed by atoms with Crippen LogP contribution in [0.3, 0.4) is 0 Å². The third-order valence-electron chi connectivity index (χ3n) is 13.2. The van der Waals surface area contributed by atoms with Crippen LogP contribution in [-0.4, -0.2) is 110 Å². The molecule has 0 bridgehead atoms. The van der Waals surface area contributed by atoms with Crippen molar-refractivity contribution < 1.29 is 41.5 Å². The number of imide groups is 2. The number of anilines is 1. The number of rotatable bonds is 8. The lowest BCUT2D eigenvalue weighted by Crippen LogP contribution is -2.66. The summed E-state index contributed by atoms with van der Waals surface area (Å²) in [6.45, 7) is 3.30. The van der Waals surface area contributed by atoms with Gasteiger partial charge in [0.05, 0.1) is 42.0 Å². The van der Waals surface area contributed by atoms with Crippen molar-refractivity contribution in [1.29, 1.82) is 0 Å². The first kappa shape index (κ1) is 37.6. The van der Waals surface area contributed by atoms with Gasteiger partial charge < -0.3 is 10.2 Å². The molecule has 3 aromatic carbocycles. The summed E-state index contributed by atoms with van der Waals surface area (Å²) in [4.78, 5) is 70.1. The summed E-state index contributed by atoms with van der Waals surface area (Å²) in [5.41, 5.74) is 4.06. The Morgan fingerprint density at radius 2 is 1.66 bits per heavy atom. The molecule has 4 aromatic rings. The fraction of sp³-hybridized carbons (Fsp3) is 0.429. The molecule has 2 unspecified atom stereocenters. The van der Waals surface area contributed by atoms with Gasteiger partial charge in [0.2, 0.25) is 17.7 Å². The number of nitrogens with one attached hydrogen (secondary N) is 3. The second-order valence-corrected chi connectivity index (χ2v) is 17.1. The van der Waals surface area contributed by atoms with Gasteiger partial charge in [0.15, 0.2) is 0 Å². The first-order valence-corrected chi connectivity index (χ1v) is 19.9. The number of aromatic nitrogens is 2. The Hall–Kier alpha value is -5.68. The number of carbonyl (C=O) groups is 5. The molecule has 6 heterocycles. The maximum absolute atomic E-state index is 16.1. The van der Waals surface area contributed by atoms with Crippen LogP contribution in [0.25, 0.3) is 10.9 Å². The Morgan fingerprint density at radius 3 is 2.31 bits per heavy atom. The lowest BCUT2D eigenvalue weighted by atomic mass is 9.60. The highest BCUT2D eigenvalue weighted by molar-refractivity contribution is 6.23. The summed E-state index contributed by atoms with van der Waals surface area (Å²) >= 11 is 0. The van der Waals surface area contributed by atoms with Crippen LogP contribution >= 0.6 is 0 Å². The predicted octanol–water partition coefficient (Wildman–Crippen LogP) is 4.26. The summed E-state index contributed by atoms with van der Waals surface area (Å²) < 4.78 is 59.8. The van der Waals surface area contributed by atoms with Crippen molar-refractivity contribution >= 4 is 46.1 Å². The second-order valence-electron chi connectivity index (χ2n) is 17.1. The van der Waals surface area contributed by atoms with Crippen LogP contribution in [0.1, 0.15) is 87.2 Å². The van der Waals surface area contributed by atoms with E-state index in [0.717, 1.165) is 45.3 Å². The molecule has 13 nitrogen and oxygen atoms in total. The number of alkyl halides is 2. The molecule has 0 radical (unpaired) electrons. The zero-order valence-electron chi connectivity index (χ0n) is 32.0. The molecule has 5 amide bonds. The molecule has 3 N–H and O–H groups in total. The Labute approximate surface area is 335 Å². The van der Waals surface area contributed by atoms with Gasteiger partial charge in [-0.05, 0) is 90.6 Å². The van der Waals surface area contributed by atoms with Gasteiger partial charge in [-0.1, -0.05) is 6.07 Å². The van der Waals surface area contributed by atoms with E-state index in [2.05, 4.69) is 25.7 Å². The molecule has 1 aromatic heterocycles. The average molecular weight is 813 g/mol. The summed E-state index contributed by atoms with van der Waals surface area (Å²) in [5, 5.41) is 13.3. The molecule has 306 valence electrons. The maximum Gasteiger partial charge on any atom is 0.262 e. The Balaban J connectivity index is 0.750. The summed E-state index contributed by atoms with van der Waals surface area (Å²) in [6, 6.07) is 6.70. The van der Waals surface area contributed by atoms with Crippen molar-refractivity contribution in [1.82, 2.24) is 35.1 Å². The lowest BCUT2D eigenvalue weighted by molar-refractivity contribution is -0.139. The topological polar surface area (TPSA) is 151 Å². The van der Waals surface area contributed by atoms with Gasteiger partial charge in [0.25, 0.3) is 18.2 Å². The number of likely N-dealkylation sites (tertiary alicyclic amines) is 1. The number of amides is 5. The maximum atomic E-state index is 16.1. The number of benzene rings is 3. The molecule has 17 heteroatoms. The number of H-pyrrole nitrogens is 1. The van der Waals surface area contributed by atoms with Crippen LogP contribution in [0.4, 0.5) is 23.2 Å². The highest BCUT2D eigenvalue weighted by Crippen LogP contribution is 2.50. The van der Waals surface area contributed by atoms with Gasteiger partial charge in [0, 0.05) is 61.3 Å². The Kier molecular flexibility index (Phi) is 8.72. The summed E-state index contributed by atoms with van der Waals surface area (Å²) in [6.07, 6.45) is 0.994. The fourth-order valence-electron chi connectivity index (χ4n) is 10.5. The minimum absolute atomic E-state index is 0.0188. The van der Waals surface area contributed by atoms with Crippen molar-refractivity contribution in [3.8, 4) is 0 Å². The van der Waals surface area contributed by atoms with E-state index in [4.69, 9.17) is 0 Å². The summed E-state index contributed by atoms with van der Waals surface area (Å²) in [7, 11) is 0. The van der Waals surface area contributed by atoms with Crippen molar-refractivity contribution in [2.45, 2.75) is 82.7 Å². The van der Waals surface area contributed by atoms with E-state index in [1.807, 2.05) is 0 Å². The van der Waals surface area contributed by atoms with Crippen molar-refractivity contribution in [3.05, 3.63) is 93.2 Å². The van der Waals surface area contributed by atoms with E-state index in [9.17, 15) is 32.8 Å². The van der Waals surface area contributed by atoms with Crippen LogP contribution in [0.15, 0.2) is 42.6 Å². The molecule has 10 rings (SSSR count). The third kappa shape index (κ3) is 6.19. The molecule has 59 heavy (non-hydrogen) atoms. The Bertz CT molecular complexity index is 2430. The first-order valence-electron chi connectivity index (χ1n) is 19.9. The van der Waals surface area contributed by atoms with Crippen molar-refractivity contribution in [2.75, 3.05) is 31.5 Å². The van der Waals surface area contributed by atoms with Crippen LogP contribution in [0, 0.1) is 17.0 Å². The molecule has 3 fully saturated rings. The number of aromatic amines is 1. The van der Waals surface area contributed by atoms with Gasteiger partial charge in [-0.15, -0.1) is 0 Å². The SMILES string of the molecule is C[C@@H]1Cc2c(ccc3[nH]ncc23)C(c2c(F)cc(NC3CC4(C3)CN(CC(=O)N3Cc5cc6c(cc5C3)C(=O)N(C3CCC(=O)NC3=O)C6=O)C4)cc2F)N1CC(F)F. The zero-order valence-corrected chi connectivity index (χ0v) is 32.0. The van der Waals surface area contributed by atoms with Gasteiger partial charge >= 0.3 is 0 Å². The fourth-order valence-corrected chi connectivity index (χ4v) is 10.5. The predicted molar refractivity (Wildman–Crippen MR) is 203 cm³/mol. The van der Waals surface area contributed by atoms with E-state index in [-0.39, 0.29) is 72.2 Å². The normalized spacial score (nSPS) is 24.1. The number of piperidine rings is 1. The van der Waals surface area contributed by atoms with Crippen LogP contribution in [0.2, 0.25) is 0 Å². The molecule has 1 aliphatic carbocycles. The molecule has 2 saturated heterocycles. The summed E-state index contributed by atoms with van der Waals surface area (Å²) in [5.74, 6) is -4.00. The van der Waals surface area contributed by atoms with Crippen LogP contribution < -0.4 is 10.6 Å². The van der Waals surface area contributed by atoms with Gasteiger partial charge in [-0.25, -0.2) is 17.6 Å². The second kappa shape index (κ2) is 13.7. The van der Waals surface area contributed by atoms with Gasteiger partial charge in [-0.3, -0.25) is 49.1 Å². The Morgan fingerprint density at radius 1 is 0.983 bits per heavy atom. The molecule has 6 aliphatic rings. The van der Waals surface area contributed by atoms with Crippen LogP contribution in [0.5, 0.6) is 0 Å². The zero-order chi connectivity index (χ0) is 41.1. The van der Waals surface area contributed by atoms with E-state index in [1.54, 1.807) is 42.3 Å². The van der Waals surface area contributed by atoms with Crippen molar-refractivity contribution in [2.24, 2.45) is 5.41 Å². The van der Waals surface area contributed by atoms with Crippen LogP contribution in [-0.2, 0) is 33.9 Å². The highest BCUT2D eigenvalue weighted by atomic mass is 19.3. The molecule has 3 atom stereocenters. The number of hydrogen-bond acceptors (Lipinski definition) is 9. The minimum atomic E-state index is -2.69. The molecule has 1 spiro atoms. The molecular weight excluding hydrogens is 773 g/mol. The lowest BCUT2D eigenvalue weighted by Gasteiger charge is -2.59. The minimum Gasteiger partial charge on any atom is -0.382 e. The third-order valence-corrected chi connectivity index (χ3v) is 13.2. The standard InChI is InChI=1S/C42H40F4N8O5/c1-20-6-26-25(2-3-32-29(26)13-47-50-32)38(53(20)16-34(45)46)37-30(43)9-23(10-31(37)44)48-24-11-42(12-24)18-51(19-42)17-36(56)52-14-21-7-27-28(8-22(21)15-52)41(59)54(40(27)58)33-4-5-35(55)49-39(33)57/h2-3,7-10,13,20,24,33-34,38,48H,4-6,11-12,14-19H2,1H3,(H,47,50)(H,49,55,57)/t20-,33?,38?/m1/s1. The van der Waals surface area contributed by atoms with Crippen molar-refractivity contribution in [3.63, 3.8) is 0 Å². The van der Waals surface area contributed by atoms with E-state index in [0.29, 0.717) is 25.1 Å². The number of fused-ring (bicyclic) bond motifs is 5. The van der Waals surface area contributed by atoms with Gasteiger partial charge in [0.1, 0.15) is 17.7 Å². The quantitative estimate of drug-likeness (QED) is 0.175. The first-order chi connectivity index (χ1) is 28.3. The van der Waals surface area contributed by atoms with E-state index < -0.39 is 66.4 Å². The molecule has 5 aliphatic heterocycles. The van der Waals surface area contributed by atoms with E-state index >= 15 is 8.78 Å².